The molecule has 0 aliphatic carbocycles. The summed E-state index contributed by atoms with van der Waals surface area (Å²) in [6.45, 7) is 5.18. The topological polar surface area (TPSA) is 72.5 Å². The molecule has 0 atom stereocenters. The van der Waals surface area contributed by atoms with E-state index in [1.54, 1.807) is 0 Å². The van der Waals surface area contributed by atoms with Crippen molar-refractivity contribution in [3.05, 3.63) is 56.5 Å². The molecule has 1 fully saturated rings. The van der Waals surface area contributed by atoms with Gasteiger partial charge in [-0.2, -0.15) is 5.26 Å². The van der Waals surface area contributed by atoms with E-state index in [2.05, 4.69) is 38.9 Å². The molecule has 1 N–H and O–H groups in total. The van der Waals surface area contributed by atoms with Crippen LogP contribution in [-0.4, -0.2) is 47.6 Å². The van der Waals surface area contributed by atoms with Crippen LogP contribution in [0.4, 0.5) is 21.0 Å². The highest BCUT2D eigenvalue weighted by Crippen LogP contribution is 2.37. The molecule has 5 rings (SSSR count). The van der Waals surface area contributed by atoms with Gasteiger partial charge >= 0.3 is 0 Å². The van der Waals surface area contributed by atoms with Crippen LogP contribution in [0.25, 0.3) is 16.9 Å². The van der Waals surface area contributed by atoms with Crippen LogP contribution in [0.5, 0.6) is 0 Å². The van der Waals surface area contributed by atoms with Gasteiger partial charge in [-0.25, -0.2) is 14.4 Å². The summed E-state index contributed by atoms with van der Waals surface area (Å²) in [7, 11) is 1.92. The average molecular weight is 587 g/mol. The molecule has 4 aromatic rings. The number of nitrogens with one attached hydrogen (secondary N) is 1. The van der Waals surface area contributed by atoms with Gasteiger partial charge in [0.25, 0.3) is 0 Å². The van der Waals surface area contributed by atoms with E-state index in [1.807, 2.05) is 53.7 Å². The predicted octanol–water partition coefficient (Wildman–Crippen LogP) is 4.81. The molecular weight excluding hydrogens is 564 g/mol. The number of aromatic nitrogens is 3. The van der Waals surface area contributed by atoms with Gasteiger partial charge in [-0.1, -0.05) is 30.4 Å². The third-order valence-electron chi connectivity index (χ3n) is 5.97. The van der Waals surface area contributed by atoms with Crippen LogP contribution in [0.15, 0.2) is 36.5 Å². The second kappa shape index (κ2) is 9.48. The van der Waals surface area contributed by atoms with Crippen molar-refractivity contribution in [3.8, 4) is 17.3 Å². The molecule has 1 aliphatic rings. The smallest absolute Gasteiger partial charge is 0.192 e. The van der Waals surface area contributed by atoms with Crippen LogP contribution in [0, 0.1) is 20.7 Å². The molecule has 0 bridgehead atoms. The summed E-state index contributed by atoms with van der Waals surface area (Å²) in [5.41, 5.74) is 3.56. The third kappa shape index (κ3) is 4.12. The van der Waals surface area contributed by atoms with E-state index in [9.17, 15) is 5.26 Å². The maximum Gasteiger partial charge on any atom is 0.192 e. The molecule has 0 saturated carbocycles. The standard InChI is InChI=1S/C24H23FIN7S/c1-3-18-23(33-14-19(17(25)12-21(33)29-18)32-10-8-28-9-11-32)31(2)24-30-22(20(13-27)34-24)15-4-6-16(26)7-5-15/h4-7,12,14,28H,3,8-11H2,1-2H3. The molecule has 1 aliphatic heterocycles. The molecular formula is C24H23FIN7S. The van der Waals surface area contributed by atoms with Crippen LogP contribution in [-0.2, 0) is 6.42 Å². The van der Waals surface area contributed by atoms with Gasteiger partial charge < -0.3 is 15.1 Å². The van der Waals surface area contributed by atoms with Gasteiger partial charge in [0, 0.05) is 54.6 Å². The highest BCUT2D eigenvalue weighted by molar-refractivity contribution is 14.1. The number of piperazine rings is 1. The number of rotatable bonds is 5. The number of anilines is 3. The first-order valence-electron chi connectivity index (χ1n) is 11.1. The zero-order valence-electron chi connectivity index (χ0n) is 18.8. The number of thiazole rings is 1. The van der Waals surface area contributed by atoms with Crippen LogP contribution < -0.4 is 15.1 Å². The lowest BCUT2D eigenvalue weighted by atomic mass is 10.1. The van der Waals surface area contributed by atoms with Crippen molar-refractivity contribution >= 4 is 56.2 Å². The molecule has 34 heavy (non-hydrogen) atoms. The first kappa shape index (κ1) is 23.0. The average Bonchev–Trinajstić information content (AvgIpc) is 3.45. The molecule has 7 nitrogen and oxygen atoms in total. The Labute approximate surface area is 215 Å². The summed E-state index contributed by atoms with van der Waals surface area (Å²) >= 11 is 3.60. The third-order valence-corrected chi connectivity index (χ3v) is 7.72. The first-order valence-corrected chi connectivity index (χ1v) is 13.0. The number of aryl methyl sites for hydroxylation is 1. The van der Waals surface area contributed by atoms with Crippen molar-refractivity contribution in [2.45, 2.75) is 13.3 Å². The molecule has 174 valence electrons. The summed E-state index contributed by atoms with van der Waals surface area (Å²) in [5, 5.41) is 13.8. The Bertz CT molecular complexity index is 1380. The Morgan fingerprint density at radius 2 is 1.97 bits per heavy atom. The van der Waals surface area contributed by atoms with Crippen molar-refractivity contribution in [2.24, 2.45) is 0 Å². The Hall–Kier alpha value is -2.75. The number of pyridine rings is 1. The van der Waals surface area contributed by atoms with Crippen LogP contribution in [0.1, 0.15) is 17.5 Å². The van der Waals surface area contributed by atoms with Gasteiger partial charge in [0.15, 0.2) is 10.9 Å². The monoisotopic (exact) mass is 587 g/mol. The predicted molar refractivity (Wildman–Crippen MR) is 143 cm³/mol. The zero-order valence-corrected chi connectivity index (χ0v) is 21.8. The lowest BCUT2D eigenvalue weighted by molar-refractivity contribution is 0.565. The number of fused-ring (bicyclic) bond motifs is 1. The molecule has 0 spiro atoms. The van der Waals surface area contributed by atoms with Crippen LogP contribution in [0.3, 0.4) is 0 Å². The van der Waals surface area contributed by atoms with Gasteiger partial charge in [0.1, 0.15) is 28.1 Å². The molecule has 0 amide bonds. The largest absolute Gasteiger partial charge is 0.365 e. The fourth-order valence-electron chi connectivity index (χ4n) is 4.24. The normalized spacial score (nSPS) is 13.9. The number of nitriles is 1. The van der Waals surface area contributed by atoms with Crippen molar-refractivity contribution < 1.29 is 4.39 Å². The van der Waals surface area contributed by atoms with Crippen molar-refractivity contribution in [3.63, 3.8) is 0 Å². The maximum absolute atomic E-state index is 15.0. The number of imidazole rings is 1. The molecule has 10 heteroatoms. The molecule has 4 heterocycles. The van der Waals surface area contributed by atoms with Gasteiger partial charge in [-0.05, 0) is 41.1 Å². The minimum absolute atomic E-state index is 0.265. The minimum Gasteiger partial charge on any atom is -0.365 e. The van der Waals surface area contributed by atoms with Crippen LogP contribution in [0.2, 0.25) is 0 Å². The van der Waals surface area contributed by atoms with E-state index >= 15 is 4.39 Å². The van der Waals surface area contributed by atoms with Crippen molar-refractivity contribution in [1.29, 1.82) is 5.26 Å². The lowest BCUT2D eigenvalue weighted by Crippen LogP contribution is -2.44. The summed E-state index contributed by atoms with van der Waals surface area (Å²) < 4.78 is 18.1. The van der Waals surface area contributed by atoms with E-state index < -0.39 is 0 Å². The molecule has 0 radical (unpaired) electrons. The number of benzene rings is 1. The van der Waals surface area contributed by atoms with Crippen molar-refractivity contribution in [2.75, 3.05) is 43.0 Å². The Balaban J connectivity index is 1.61. The fraction of sp³-hybridized carbons (Fsp3) is 0.292. The fourth-order valence-corrected chi connectivity index (χ4v) is 5.45. The summed E-state index contributed by atoms with van der Waals surface area (Å²) in [6, 6.07) is 11.8. The summed E-state index contributed by atoms with van der Waals surface area (Å²) in [6.07, 6.45) is 2.53. The molecule has 3 aromatic heterocycles. The number of nitrogens with zero attached hydrogens (tertiary/aromatic N) is 6. The molecule has 1 aromatic carbocycles. The highest BCUT2D eigenvalue weighted by Gasteiger charge is 2.24. The zero-order chi connectivity index (χ0) is 23.8. The lowest BCUT2D eigenvalue weighted by Gasteiger charge is -2.30. The van der Waals surface area contributed by atoms with Crippen molar-refractivity contribution in [1.82, 2.24) is 19.7 Å². The Kier molecular flexibility index (Phi) is 6.42. The van der Waals surface area contributed by atoms with E-state index in [4.69, 9.17) is 9.97 Å². The summed E-state index contributed by atoms with van der Waals surface area (Å²) in [5.74, 6) is 0.569. The van der Waals surface area contributed by atoms with E-state index in [1.165, 1.54) is 17.4 Å². The van der Waals surface area contributed by atoms with E-state index in [0.717, 1.165) is 46.8 Å². The number of hydrogen-bond acceptors (Lipinski definition) is 7. The van der Waals surface area contributed by atoms with E-state index in [0.29, 0.717) is 33.5 Å². The number of hydrogen-bond donors (Lipinski definition) is 1. The van der Waals surface area contributed by atoms with E-state index in [-0.39, 0.29) is 5.82 Å². The van der Waals surface area contributed by atoms with Gasteiger partial charge in [-0.15, -0.1) is 0 Å². The van der Waals surface area contributed by atoms with Gasteiger partial charge in [0.2, 0.25) is 0 Å². The highest BCUT2D eigenvalue weighted by atomic mass is 127. The maximum atomic E-state index is 15.0. The second-order valence-corrected chi connectivity index (χ2v) is 10.3. The summed E-state index contributed by atoms with van der Waals surface area (Å²) in [4.78, 5) is 14.1. The quantitative estimate of drug-likeness (QED) is 0.338. The SMILES string of the molecule is CCc1nc2cc(F)c(N3CCNCC3)cn2c1N(C)c1nc(-c2ccc(I)cc2)c(C#N)s1. The number of halogens is 2. The Morgan fingerprint density at radius 3 is 2.65 bits per heavy atom. The first-order chi connectivity index (χ1) is 16.5. The second-order valence-electron chi connectivity index (χ2n) is 8.06. The molecule has 1 saturated heterocycles. The van der Waals surface area contributed by atoms with Gasteiger partial charge in [0.05, 0.1) is 11.4 Å². The minimum atomic E-state index is -0.265. The van der Waals surface area contributed by atoms with Crippen LogP contribution >= 0.6 is 33.9 Å². The molecule has 0 unspecified atom stereocenters. The van der Waals surface area contributed by atoms with Gasteiger partial charge in [-0.3, -0.25) is 4.40 Å². The Morgan fingerprint density at radius 1 is 1.24 bits per heavy atom.